The van der Waals surface area contributed by atoms with Crippen molar-refractivity contribution in [3.8, 4) is 0 Å². The maximum absolute atomic E-state index is 13.3. The van der Waals surface area contributed by atoms with Gasteiger partial charge in [-0.25, -0.2) is 0 Å². The van der Waals surface area contributed by atoms with E-state index in [1.54, 1.807) is 6.07 Å². The normalized spacial score (nSPS) is 25.9. The molecule has 0 spiro atoms. The lowest BCUT2D eigenvalue weighted by molar-refractivity contribution is -0.135. The maximum Gasteiger partial charge on any atom is 0.250 e. The first kappa shape index (κ1) is 20.2. The number of rotatable bonds is 4. The summed E-state index contributed by atoms with van der Waals surface area (Å²) in [4.78, 5) is 39.5. The summed E-state index contributed by atoms with van der Waals surface area (Å²) < 4.78 is 1.90. The van der Waals surface area contributed by atoms with Crippen LogP contribution in [0.2, 0.25) is 0 Å². The first-order valence-corrected chi connectivity index (χ1v) is 11.6. The number of hydrogen-bond acceptors (Lipinski definition) is 3. The highest BCUT2D eigenvalue weighted by molar-refractivity contribution is 5.84. The van der Waals surface area contributed by atoms with Crippen LogP contribution in [-0.4, -0.2) is 34.2 Å². The summed E-state index contributed by atoms with van der Waals surface area (Å²) in [5.74, 6) is 1.12. The van der Waals surface area contributed by atoms with E-state index in [-0.39, 0.29) is 29.2 Å². The minimum absolute atomic E-state index is 0.0692. The molecule has 4 atom stereocenters. The molecule has 2 aliphatic heterocycles. The topological polar surface area (TPSA) is 59.4 Å². The average molecular weight is 419 g/mol. The van der Waals surface area contributed by atoms with Crippen LogP contribution in [0.4, 0.5) is 0 Å². The van der Waals surface area contributed by atoms with Gasteiger partial charge in [0.05, 0.1) is 5.92 Å². The van der Waals surface area contributed by atoms with Gasteiger partial charge in [-0.3, -0.25) is 14.4 Å². The lowest BCUT2D eigenvalue weighted by Crippen LogP contribution is -2.50. The Morgan fingerprint density at radius 3 is 2.61 bits per heavy atom. The first-order chi connectivity index (χ1) is 15.0. The van der Waals surface area contributed by atoms with Crippen LogP contribution in [0, 0.1) is 11.8 Å². The van der Waals surface area contributed by atoms with Crippen LogP contribution in [-0.2, 0) is 22.6 Å². The lowest BCUT2D eigenvalue weighted by atomic mass is 9.82. The van der Waals surface area contributed by atoms with Crippen molar-refractivity contribution in [2.45, 2.75) is 57.4 Å². The molecule has 1 aromatic carbocycles. The third-order valence-corrected chi connectivity index (χ3v) is 7.55. The monoisotopic (exact) mass is 418 g/mol. The van der Waals surface area contributed by atoms with E-state index >= 15 is 0 Å². The number of Topliss-reactive ketones (excluding diaryl/α,β-unsaturated/α-hetero) is 1. The highest BCUT2D eigenvalue weighted by Crippen LogP contribution is 2.36. The van der Waals surface area contributed by atoms with Crippen molar-refractivity contribution in [3.05, 3.63) is 69.6 Å². The zero-order valence-electron chi connectivity index (χ0n) is 18.1. The number of benzene rings is 1. The SMILES string of the molecule is CC(C(=O)N1CC2CC(C1)c1cccc(=O)n1C2)c1ccc(CC2CCCC2=O)cc1. The molecule has 0 N–H and O–H groups in total. The van der Waals surface area contributed by atoms with Gasteiger partial charge in [-0.2, -0.15) is 0 Å². The molecular weight excluding hydrogens is 388 g/mol. The third kappa shape index (κ3) is 3.86. The molecule has 1 aliphatic carbocycles. The van der Waals surface area contributed by atoms with Gasteiger partial charge < -0.3 is 9.47 Å². The minimum Gasteiger partial charge on any atom is -0.341 e. The van der Waals surface area contributed by atoms with Gasteiger partial charge >= 0.3 is 0 Å². The van der Waals surface area contributed by atoms with Gasteiger partial charge in [0.1, 0.15) is 5.78 Å². The van der Waals surface area contributed by atoms with Gasteiger partial charge in [0.25, 0.3) is 5.56 Å². The van der Waals surface area contributed by atoms with Gasteiger partial charge in [-0.15, -0.1) is 0 Å². The van der Waals surface area contributed by atoms with Crippen molar-refractivity contribution in [1.82, 2.24) is 9.47 Å². The van der Waals surface area contributed by atoms with Crippen LogP contribution in [0.1, 0.15) is 61.3 Å². The fourth-order valence-electron chi connectivity index (χ4n) is 5.82. The molecular formula is C26H30N2O3. The Balaban J connectivity index is 1.27. The summed E-state index contributed by atoms with van der Waals surface area (Å²) in [6.07, 6.45) is 4.61. The van der Waals surface area contributed by atoms with Crippen molar-refractivity contribution in [2.75, 3.05) is 13.1 Å². The Hall–Kier alpha value is -2.69. The fourth-order valence-corrected chi connectivity index (χ4v) is 5.82. The molecule has 5 nitrogen and oxygen atoms in total. The number of nitrogens with zero attached hydrogens (tertiary/aromatic N) is 2. The van der Waals surface area contributed by atoms with Gasteiger partial charge in [0.15, 0.2) is 0 Å². The van der Waals surface area contributed by atoms with Crippen LogP contribution in [0.15, 0.2) is 47.3 Å². The van der Waals surface area contributed by atoms with Crippen molar-refractivity contribution < 1.29 is 9.59 Å². The molecule has 3 aliphatic rings. The molecule has 2 fully saturated rings. The molecule has 2 aromatic rings. The van der Waals surface area contributed by atoms with Crippen LogP contribution < -0.4 is 5.56 Å². The molecule has 1 aromatic heterocycles. The van der Waals surface area contributed by atoms with Crippen molar-refractivity contribution >= 4 is 11.7 Å². The van der Waals surface area contributed by atoms with Crippen LogP contribution in [0.25, 0.3) is 0 Å². The molecule has 2 bridgehead atoms. The predicted molar refractivity (Wildman–Crippen MR) is 119 cm³/mol. The largest absolute Gasteiger partial charge is 0.341 e. The van der Waals surface area contributed by atoms with Gasteiger partial charge in [0.2, 0.25) is 5.91 Å². The summed E-state index contributed by atoms with van der Waals surface area (Å²) in [6, 6.07) is 13.8. The highest BCUT2D eigenvalue weighted by Gasteiger charge is 2.37. The Morgan fingerprint density at radius 1 is 1.06 bits per heavy atom. The number of carbonyl (C=O) groups excluding carboxylic acids is 2. The molecule has 1 saturated carbocycles. The number of ketones is 1. The van der Waals surface area contributed by atoms with Crippen LogP contribution in [0.3, 0.4) is 0 Å². The molecule has 3 heterocycles. The fraction of sp³-hybridized carbons (Fsp3) is 0.500. The highest BCUT2D eigenvalue weighted by atomic mass is 16.2. The third-order valence-electron chi connectivity index (χ3n) is 7.55. The molecule has 162 valence electrons. The van der Waals surface area contributed by atoms with Crippen LogP contribution >= 0.6 is 0 Å². The Kier molecular flexibility index (Phi) is 5.28. The number of fused-ring (bicyclic) bond motifs is 4. The van der Waals surface area contributed by atoms with E-state index in [1.807, 2.05) is 28.5 Å². The van der Waals surface area contributed by atoms with E-state index in [9.17, 15) is 14.4 Å². The maximum atomic E-state index is 13.3. The molecule has 1 saturated heterocycles. The molecule has 31 heavy (non-hydrogen) atoms. The summed E-state index contributed by atoms with van der Waals surface area (Å²) in [6.45, 7) is 4.10. The van der Waals surface area contributed by atoms with E-state index < -0.39 is 0 Å². The number of piperidine rings is 1. The molecule has 5 rings (SSSR count). The second-order valence-electron chi connectivity index (χ2n) is 9.66. The molecule has 4 unspecified atom stereocenters. The number of likely N-dealkylation sites (tertiary alicyclic amines) is 1. The smallest absolute Gasteiger partial charge is 0.250 e. The zero-order chi connectivity index (χ0) is 21.5. The number of aromatic nitrogens is 1. The van der Waals surface area contributed by atoms with Gasteiger partial charge in [-0.05, 0) is 55.7 Å². The second-order valence-corrected chi connectivity index (χ2v) is 9.66. The Morgan fingerprint density at radius 2 is 1.87 bits per heavy atom. The summed E-state index contributed by atoms with van der Waals surface area (Å²) in [5.41, 5.74) is 3.34. The Labute approximate surface area is 183 Å². The number of hydrogen-bond donors (Lipinski definition) is 0. The van der Waals surface area contributed by atoms with E-state index in [0.717, 1.165) is 49.9 Å². The summed E-state index contributed by atoms with van der Waals surface area (Å²) >= 11 is 0. The standard InChI is InChI=1S/C26H30N2O3/c1-17(20-10-8-18(9-11-20)12-21-4-2-6-24(21)29)26(31)27-14-19-13-22(16-27)23-5-3-7-25(30)28(23)15-19/h3,5,7-11,17,19,21-22H,2,4,6,12-16H2,1H3. The van der Waals surface area contributed by atoms with E-state index in [4.69, 9.17) is 0 Å². The number of carbonyl (C=O) groups is 2. The van der Waals surface area contributed by atoms with Crippen LogP contribution in [0.5, 0.6) is 0 Å². The van der Waals surface area contributed by atoms with E-state index in [2.05, 4.69) is 24.3 Å². The molecule has 5 heteroatoms. The van der Waals surface area contributed by atoms with E-state index in [1.165, 1.54) is 5.56 Å². The van der Waals surface area contributed by atoms with Gasteiger partial charge in [0, 0.05) is 49.7 Å². The summed E-state index contributed by atoms with van der Waals surface area (Å²) in [5, 5.41) is 0. The number of pyridine rings is 1. The average Bonchev–Trinajstić information content (AvgIpc) is 3.18. The van der Waals surface area contributed by atoms with Gasteiger partial charge in [-0.1, -0.05) is 30.3 Å². The van der Waals surface area contributed by atoms with Crippen molar-refractivity contribution in [1.29, 1.82) is 0 Å². The molecule has 1 amide bonds. The molecule has 0 radical (unpaired) electrons. The Bertz CT molecular complexity index is 1060. The van der Waals surface area contributed by atoms with E-state index in [0.29, 0.717) is 24.8 Å². The minimum atomic E-state index is -0.195. The predicted octanol–water partition coefficient (Wildman–Crippen LogP) is 3.51. The van der Waals surface area contributed by atoms with Crippen molar-refractivity contribution in [3.63, 3.8) is 0 Å². The lowest BCUT2D eigenvalue weighted by Gasteiger charge is -2.43. The van der Waals surface area contributed by atoms with Crippen molar-refractivity contribution in [2.24, 2.45) is 11.8 Å². The number of amides is 1. The zero-order valence-corrected chi connectivity index (χ0v) is 18.1. The second kappa shape index (κ2) is 8.10. The quantitative estimate of drug-likeness (QED) is 0.764. The summed E-state index contributed by atoms with van der Waals surface area (Å²) in [7, 11) is 0. The first-order valence-electron chi connectivity index (χ1n) is 11.6.